The number of esters is 1. The van der Waals surface area contributed by atoms with E-state index >= 15 is 0 Å². The van der Waals surface area contributed by atoms with Crippen LogP contribution in [-0.4, -0.2) is 23.5 Å². The van der Waals surface area contributed by atoms with Gasteiger partial charge in [-0.3, -0.25) is 4.79 Å². The average molecular weight is 326 g/mol. The van der Waals surface area contributed by atoms with Gasteiger partial charge in [0.15, 0.2) is 0 Å². The number of halogens is 1. The van der Waals surface area contributed by atoms with Gasteiger partial charge in [0, 0.05) is 17.1 Å². The van der Waals surface area contributed by atoms with Crippen molar-refractivity contribution in [1.82, 2.24) is 4.98 Å². The van der Waals surface area contributed by atoms with Gasteiger partial charge in [-0.05, 0) is 37.3 Å². The average Bonchev–Trinajstić information content (AvgIpc) is 2.98. The monoisotopic (exact) mass is 326 g/mol. The van der Waals surface area contributed by atoms with Gasteiger partial charge in [0.05, 0.1) is 23.4 Å². The van der Waals surface area contributed by atoms with Gasteiger partial charge in [0.1, 0.15) is 5.82 Å². The van der Waals surface area contributed by atoms with Gasteiger partial charge in [0.2, 0.25) is 0 Å². The number of ether oxygens (including phenoxy) is 1. The van der Waals surface area contributed by atoms with Crippen LogP contribution in [0, 0.1) is 5.82 Å². The lowest BCUT2D eigenvalue weighted by molar-refractivity contribution is 0.0527. The maximum absolute atomic E-state index is 13.4. The molecule has 0 aliphatic heterocycles. The van der Waals surface area contributed by atoms with E-state index < -0.39 is 17.7 Å². The second-order valence-corrected chi connectivity index (χ2v) is 5.11. The first kappa shape index (κ1) is 15.7. The molecule has 0 atom stereocenters. The molecule has 0 aliphatic rings. The molecule has 0 aliphatic carbocycles. The lowest BCUT2D eigenvalue weighted by Crippen LogP contribution is -2.15. The molecule has 0 unspecified atom stereocenters. The second-order valence-electron chi connectivity index (χ2n) is 5.11. The highest BCUT2D eigenvalue weighted by Crippen LogP contribution is 2.22. The third-order valence-corrected chi connectivity index (χ3v) is 3.56. The fourth-order valence-corrected chi connectivity index (χ4v) is 2.45. The lowest BCUT2D eigenvalue weighted by atomic mass is 10.1. The summed E-state index contributed by atoms with van der Waals surface area (Å²) in [5.41, 5.74) is 1.55. The molecule has 2 N–H and O–H groups in total. The zero-order valence-electron chi connectivity index (χ0n) is 12.9. The van der Waals surface area contributed by atoms with E-state index in [1.807, 2.05) is 0 Å². The number of rotatable bonds is 4. The van der Waals surface area contributed by atoms with Gasteiger partial charge in [0.25, 0.3) is 5.91 Å². The minimum absolute atomic E-state index is 0.239. The predicted octanol–water partition coefficient (Wildman–Crippen LogP) is 3.74. The van der Waals surface area contributed by atoms with Gasteiger partial charge >= 0.3 is 5.97 Å². The van der Waals surface area contributed by atoms with Crippen molar-refractivity contribution in [1.29, 1.82) is 0 Å². The summed E-state index contributed by atoms with van der Waals surface area (Å²) < 4.78 is 18.4. The highest BCUT2D eigenvalue weighted by Gasteiger charge is 2.17. The van der Waals surface area contributed by atoms with Gasteiger partial charge in [-0.25, -0.2) is 9.18 Å². The topological polar surface area (TPSA) is 71.2 Å². The maximum atomic E-state index is 13.4. The van der Waals surface area contributed by atoms with Crippen LogP contribution in [-0.2, 0) is 4.74 Å². The summed E-state index contributed by atoms with van der Waals surface area (Å²) in [7, 11) is 0. The SMILES string of the molecule is CCOC(=O)c1ccccc1NC(=O)c1c[nH]c2ccc(F)cc12. The first-order valence-electron chi connectivity index (χ1n) is 7.44. The molecule has 0 fully saturated rings. The van der Waals surface area contributed by atoms with Crippen molar-refractivity contribution in [3.8, 4) is 0 Å². The molecule has 0 saturated heterocycles. The van der Waals surface area contributed by atoms with Crippen molar-refractivity contribution >= 4 is 28.5 Å². The lowest BCUT2D eigenvalue weighted by Gasteiger charge is -2.10. The molecule has 122 valence electrons. The number of H-pyrrole nitrogens is 1. The Labute approximate surface area is 137 Å². The largest absolute Gasteiger partial charge is 0.462 e. The molecule has 1 heterocycles. The first-order chi connectivity index (χ1) is 11.6. The number of carbonyl (C=O) groups excluding carboxylic acids is 2. The molecule has 0 radical (unpaired) electrons. The highest BCUT2D eigenvalue weighted by atomic mass is 19.1. The number of para-hydroxylation sites is 1. The normalized spacial score (nSPS) is 10.6. The molecule has 5 nitrogen and oxygen atoms in total. The summed E-state index contributed by atoms with van der Waals surface area (Å²) in [5.74, 6) is -1.38. The molecular formula is C18H15FN2O3. The molecule has 2 aromatic carbocycles. The predicted molar refractivity (Wildman–Crippen MR) is 88.6 cm³/mol. The van der Waals surface area contributed by atoms with E-state index in [2.05, 4.69) is 10.3 Å². The van der Waals surface area contributed by atoms with Gasteiger partial charge in [-0.2, -0.15) is 0 Å². The summed E-state index contributed by atoms with van der Waals surface area (Å²) >= 11 is 0. The number of nitrogens with one attached hydrogen (secondary N) is 2. The minimum Gasteiger partial charge on any atom is -0.462 e. The Bertz CT molecular complexity index is 918. The highest BCUT2D eigenvalue weighted by molar-refractivity contribution is 6.14. The smallest absolute Gasteiger partial charge is 0.340 e. The van der Waals surface area contributed by atoms with Crippen molar-refractivity contribution in [3.63, 3.8) is 0 Å². The van der Waals surface area contributed by atoms with E-state index in [9.17, 15) is 14.0 Å². The van der Waals surface area contributed by atoms with Gasteiger partial charge in [-0.15, -0.1) is 0 Å². The Morgan fingerprint density at radius 2 is 1.96 bits per heavy atom. The van der Waals surface area contributed by atoms with Crippen LogP contribution in [0.3, 0.4) is 0 Å². The number of hydrogen-bond donors (Lipinski definition) is 2. The van der Waals surface area contributed by atoms with Gasteiger partial charge in [-0.1, -0.05) is 12.1 Å². The number of fused-ring (bicyclic) bond motifs is 1. The zero-order valence-corrected chi connectivity index (χ0v) is 12.9. The number of benzene rings is 2. The minimum atomic E-state index is -0.515. The standard InChI is InChI=1S/C18H15FN2O3/c1-2-24-18(23)12-5-3-4-6-16(12)21-17(22)14-10-20-15-8-7-11(19)9-13(14)15/h3-10,20H,2H2,1H3,(H,21,22). The number of amides is 1. The van der Waals surface area contributed by atoms with Gasteiger partial charge < -0.3 is 15.0 Å². The van der Waals surface area contributed by atoms with Crippen LogP contribution in [0.5, 0.6) is 0 Å². The molecular weight excluding hydrogens is 311 g/mol. The Hall–Kier alpha value is -3.15. The van der Waals surface area contributed by atoms with Crippen LogP contribution in [0.1, 0.15) is 27.6 Å². The summed E-state index contributed by atoms with van der Waals surface area (Å²) in [5, 5.41) is 3.15. The van der Waals surface area contributed by atoms with Crippen LogP contribution < -0.4 is 5.32 Å². The summed E-state index contributed by atoms with van der Waals surface area (Å²) in [6.45, 7) is 1.95. The number of hydrogen-bond acceptors (Lipinski definition) is 3. The first-order valence-corrected chi connectivity index (χ1v) is 7.44. The molecule has 1 amide bonds. The molecule has 0 spiro atoms. The molecule has 6 heteroatoms. The Morgan fingerprint density at radius 3 is 2.75 bits per heavy atom. The Balaban J connectivity index is 1.92. The van der Waals surface area contributed by atoms with Crippen LogP contribution in [0.15, 0.2) is 48.7 Å². The van der Waals surface area contributed by atoms with E-state index in [1.165, 1.54) is 18.3 Å². The number of carbonyl (C=O) groups is 2. The quantitative estimate of drug-likeness (QED) is 0.718. The van der Waals surface area contributed by atoms with E-state index in [0.29, 0.717) is 22.2 Å². The number of aromatic amines is 1. The summed E-state index contributed by atoms with van der Waals surface area (Å²) in [4.78, 5) is 27.4. The molecule has 1 aromatic heterocycles. The van der Waals surface area contributed by atoms with Crippen LogP contribution >= 0.6 is 0 Å². The Morgan fingerprint density at radius 1 is 1.17 bits per heavy atom. The van der Waals surface area contributed by atoms with Crippen LogP contribution in [0.25, 0.3) is 10.9 Å². The molecule has 3 rings (SSSR count). The van der Waals surface area contributed by atoms with Crippen LogP contribution in [0.2, 0.25) is 0 Å². The molecule has 24 heavy (non-hydrogen) atoms. The van der Waals surface area contributed by atoms with E-state index in [4.69, 9.17) is 4.74 Å². The zero-order chi connectivity index (χ0) is 17.1. The summed E-state index contributed by atoms with van der Waals surface area (Å²) in [6, 6.07) is 10.7. The summed E-state index contributed by atoms with van der Waals surface area (Å²) in [6.07, 6.45) is 1.51. The van der Waals surface area contributed by atoms with Crippen molar-refractivity contribution in [3.05, 3.63) is 65.6 Å². The van der Waals surface area contributed by atoms with Crippen LogP contribution in [0.4, 0.5) is 10.1 Å². The fraction of sp³-hybridized carbons (Fsp3) is 0.111. The molecule has 3 aromatic rings. The third-order valence-electron chi connectivity index (χ3n) is 3.56. The molecule has 0 bridgehead atoms. The number of anilines is 1. The maximum Gasteiger partial charge on any atom is 0.340 e. The second kappa shape index (κ2) is 6.54. The fourth-order valence-electron chi connectivity index (χ4n) is 2.45. The van der Waals surface area contributed by atoms with Crippen molar-refractivity contribution in [2.24, 2.45) is 0 Å². The third kappa shape index (κ3) is 2.99. The van der Waals surface area contributed by atoms with Crippen molar-refractivity contribution < 1.29 is 18.7 Å². The Kier molecular flexibility index (Phi) is 4.29. The van der Waals surface area contributed by atoms with Crippen molar-refractivity contribution in [2.75, 3.05) is 11.9 Å². The van der Waals surface area contributed by atoms with E-state index in [-0.39, 0.29) is 12.2 Å². The van der Waals surface area contributed by atoms with E-state index in [0.717, 1.165) is 0 Å². The van der Waals surface area contributed by atoms with Crippen molar-refractivity contribution in [2.45, 2.75) is 6.92 Å². The molecule has 0 saturated carbocycles. The number of aromatic nitrogens is 1. The van der Waals surface area contributed by atoms with E-state index in [1.54, 1.807) is 37.3 Å².